The van der Waals surface area contributed by atoms with E-state index in [1.165, 1.54) is 20.7 Å². The fraction of sp³-hybridized carbons (Fsp3) is 0.125. The number of aromatic nitrogens is 2. The van der Waals surface area contributed by atoms with E-state index < -0.39 is 0 Å². The maximum absolute atomic E-state index is 12.5. The summed E-state index contributed by atoms with van der Waals surface area (Å²) in [5.74, 6) is -0.297. The number of nitrogens with one attached hydrogen (secondary N) is 1. The maximum atomic E-state index is 12.5. The molecule has 0 atom stereocenters. The number of hydrogen-bond acceptors (Lipinski definition) is 4. The van der Waals surface area contributed by atoms with Gasteiger partial charge in [0.25, 0.3) is 5.56 Å². The van der Waals surface area contributed by atoms with Crippen molar-refractivity contribution in [2.24, 2.45) is 0 Å². The van der Waals surface area contributed by atoms with Crippen molar-refractivity contribution in [3.8, 4) is 0 Å². The number of rotatable bonds is 5. The fourth-order valence-corrected chi connectivity index (χ4v) is 4.11. The van der Waals surface area contributed by atoms with Gasteiger partial charge < -0.3 is 5.32 Å². The second-order valence-corrected chi connectivity index (χ2v) is 8.25. The van der Waals surface area contributed by atoms with Crippen molar-refractivity contribution in [1.82, 2.24) is 9.78 Å². The second kappa shape index (κ2) is 8.55. The number of nitrogens with zero attached hydrogens (tertiary/aromatic N) is 2. The molecule has 0 bridgehead atoms. The van der Waals surface area contributed by atoms with Crippen molar-refractivity contribution in [3.63, 3.8) is 0 Å². The van der Waals surface area contributed by atoms with Crippen LogP contribution in [0.5, 0.6) is 0 Å². The molecule has 30 heavy (non-hydrogen) atoms. The summed E-state index contributed by atoms with van der Waals surface area (Å²) in [6, 6.07) is 21.3. The van der Waals surface area contributed by atoms with Crippen molar-refractivity contribution >= 4 is 34.1 Å². The maximum Gasteiger partial charge on any atom is 0.275 e. The molecular formula is C24H21N3O2S. The highest BCUT2D eigenvalue weighted by Gasteiger charge is 2.09. The van der Waals surface area contributed by atoms with Crippen molar-refractivity contribution in [2.75, 3.05) is 5.32 Å². The van der Waals surface area contributed by atoms with E-state index in [-0.39, 0.29) is 18.0 Å². The number of carbonyl (C=O) groups excluding carboxylic acids is 1. The molecule has 0 fully saturated rings. The van der Waals surface area contributed by atoms with E-state index in [1.807, 2.05) is 36.4 Å². The van der Waals surface area contributed by atoms with Gasteiger partial charge in [0.15, 0.2) is 0 Å². The van der Waals surface area contributed by atoms with Gasteiger partial charge in [-0.25, -0.2) is 4.68 Å². The van der Waals surface area contributed by atoms with E-state index in [4.69, 9.17) is 0 Å². The Morgan fingerprint density at radius 2 is 1.80 bits per heavy atom. The standard InChI is InChI=1S/C24H21N3O2S/c1-16-7-12-22(17(2)13-16)30-20-10-8-19(9-11-20)26-23(28)15-27-24(29)21-6-4-3-5-18(21)14-25-27/h3-14H,15H2,1-2H3,(H,26,28). The van der Waals surface area contributed by atoms with Crippen LogP contribution in [-0.2, 0) is 11.3 Å². The predicted octanol–water partition coefficient (Wildman–Crippen LogP) is 4.80. The quantitative estimate of drug-likeness (QED) is 0.508. The highest BCUT2D eigenvalue weighted by Crippen LogP contribution is 2.31. The van der Waals surface area contributed by atoms with Gasteiger partial charge in [-0.05, 0) is 55.8 Å². The Balaban J connectivity index is 1.43. The van der Waals surface area contributed by atoms with E-state index in [0.29, 0.717) is 11.1 Å². The Kier molecular flexibility index (Phi) is 5.68. The van der Waals surface area contributed by atoms with Crippen molar-refractivity contribution in [3.05, 3.63) is 94.4 Å². The lowest BCUT2D eigenvalue weighted by atomic mass is 10.2. The fourth-order valence-electron chi connectivity index (χ4n) is 3.22. The van der Waals surface area contributed by atoms with Crippen LogP contribution in [0.15, 0.2) is 87.5 Å². The first-order valence-electron chi connectivity index (χ1n) is 9.59. The van der Waals surface area contributed by atoms with Gasteiger partial charge in [-0.2, -0.15) is 5.10 Å². The predicted molar refractivity (Wildman–Crippen MR) is 121 cm³/mol. The van der Waals surface area contributed by atoms with Gasteiger partial charge in [0.2, 0.25) is 5.91 Å². The smallest absolute Gasteiger partial charge is 0.275 e. The minimum absolute atomic E-state index is 0.136. The summed E-state index contributed by atoms with van der Waals surface area (Å²) in [7, 11) is 0. The lowest BCUT2D eigenvalue weighted by Crippen LogP contribution is -2.29. The number of fused-ring (bicyclic) bond motifs is 1. The third kappa shape index (κ3) is 4.44. The molecule has 0 radical (unpaired) electrons. The minimum atomic E-state index is -0.297. The highest BCUT2D eigenvalue weighted by molar-refractivity contribution is 7.99. The average molecular weight is 416 g/mol. The average Bonchev–Trinajstić information content (AvgIpc) is 2.74. The van der Waals surface area contributed by atoms with Gasteiger partial charge in [-0.3, -0.25) is 9.59 Å². The molecule has 5 nitrogen and oxygen atoms in total. The molecule has 1 N–H and O–H groups in total. The third-order valence-corrected chi connectivity index (χ3v) is 5.94. The van der Waals surface area contributed by atoms with Crippen LogP contribution < -0.4 is 10.9 Å². The number of anilines is 1. The molecule has 0 saturated carbocycles. The lowest BCUT2D eigenvalue weighted by molar-refractivity contribution is -0.117. The van der Waals surface area contributed by atoms with Crippen LogP contribution in [0.25, 0.3) is 10.8 Å². The number of hydrogen-bond donors (Lipinski definition) is 1. The minimum Gasteiger partial charge on any atom is -0.324 e. The van der Waals surface area contributed by atoms with Crippen LogP contribution in [-0.4, -0.2) is 15.7 Å². The van der Waals surface area contributed by atoms with Gasteiger partial charge in [0.05, 0.1) is 11.6 Å². The summed E-state index contributed by atoms with van der Waals surface area (Å²) < 4.78 is 1.18. The van der Waals surface area contributed by atoms with Gasteiger partial charge in [-0.1, -0.05) is 47.7 Å². The third-order valence-electron chi connectivity index (χ3n) is 4.75. The number of benzene rings is 3. The van der Waals surface area contributed by atoms with Gasteiger partial charge >= 0.3 is 0 Å². The van der Waals surface area contributed by atoms with Crippen LogP contribution in [0.3, 0.4) is 0 Å². The molecule has 150 valence electrons. The van der Waals surface area contributed by atoms with Crippen molar-refractivity contribution < 1.29 is 4.79 Å². The molecule has 4 rings (SSSR count). The van der Waals surface area contributed by atoms with Crippen LogP contribution in [0.2, 0.25) is 0 Å². The van der Waals surface area contributed by atoms with Gasteiger partial charge in [0, 0.05) is 20.9 Å². The summed E-state index contributed by atoms with van der Waals surface area (Å²) in [6.07, 6.45) is 1.60. The molecule has 0 saturated heterocycles. The lowest BCUT2D eigenvalue weighted by Gasteiger charge is -2.09. The van der Waals surface area contributed by atoms with E-state index in [9.17, 15) is 9.59 Å². The molecule has 0 unspecified atom stereocenters. The van der Waals surface area contributed by atoms with Gasteiger partial charge in [-0.15, -0.1) is 0 Å². The highest BCUT2D eigenvalue weighted by atomic mass is 32.2. The normalized spacial score (nSPS) is 10.9. The SMILES string of the molecule is Cc1ccc(Sc2ccc(NC(=O)Cn3ncc4ccccc4c3=O)cc2)c(C)c1. The zero-order chi connectivity index (χ0) is 21.1. The molecule has 0 spiro atoms. The van der Waals surface area contributed by atoms with Crippen LogP contribution in [0.1, 0.15) is 11.1 Å². The topological polar surface area (TPSA) is 64.0 Å². The van der Waals surface area contributed by atoms with Crippen LogP contribution in [0.4, 0.5) is 5.69 Å². The Labute approximate surface area is 178 Å². The van der Waals surface area contributed by atoms with Crippen LogP contribution in [0, 0.1) is 13.8 Å². The second-order valence-electron chi connectivity index (χ2n) is 7.14. The number of aryl methyl sites for hydroxylation is 2. The van der Waals surface area contributed by atoms with Gasteiger partial charge in [0.1, 0.15) is 6.54 Å². The molecule has 0 aliphatic rings. The molecule has 1 amide bonds. The first-order chi connectivity index (χ1) is 14.5. The van der Waals surface area contributed by atoms with E-state index in [0.717, 1.165) is 10.3 Å². The first-order valence-corrected chi connectivity index (χ1v) is 10.4. The summed E-state index contributed by atoms with van der Waals surface area (Å²) >= 11 is 1.69. The number of carbonyl (C=O) groups is 1. The van der Waals surface area contributed by atoms with Crippen molar-refractivity contribution in [2.45, 2.75) is 30.2 Å². The molecule has 0 aliphatic heterocycles. The van der Waals surface area contributed by atoms with Crippen LogP contribution >= 0.6 is 11.8 Å². The largest absolute Gasteiger partial charge is 0.324 e. The molecule has 1 aromatic heterocycles. The van der Waals surface area contributed by atoms with Crippen molar-refractivity contribution in [1.29, 1.82) is 0 Å². The molecular weight excluding hydrogens is 394 g/mol. The molecule has 3 aromatic carbocycles. The molecule has 1 heterocycles. The summed E-state index contributed by atoms with van der Waals surface area (Å²) in [5, 5.41) is 8.24. The first kappa shape index (κ1) is 19.9. The Morgan fingerprint density at radius 1 is 1.03 bits per heavy atom. The molecule has 0 aliphatic carbocycles. The summed E-state index contributed by atoms with van der Waals surface area (Å²) in [6.45, 7) is 4.05. The summed E-state index contributed by atoms with van der Waals surface area (Å²) in [4.78, 5) is 27.2. The Hall–Kier alpha value is -3.38. The molecule has 6 heteroatoms. The zero-order valence-corrected chi connectivity index (χ0v) is 17.6. The number of amides is 1. The molecule has 4 aromatic rings. The Bertz CT molecular complexity index is 1280. The van der Waals surface area contributed by atoms with E-state index >= 15 is 0 Å². The monoisotopic (exact) mass is 415 g/mol. The van der Waals surface area contributed by atoms with E-state index in [2.05, 4.69) is 42.5 Å². The zero-order valence-electron chi connectivity index (χ0n) is 16.8. The van der Waals surface area contributed by atoms with E-state index in [1.54, 1.807) is 30.1 Å². The Morgan fingerprint density at radius 3 is 2.57 bits per heavy atom. The summed E-state index contributed by atoms with van der Waals surface area (Å²) in [5.41, 5.74) is 2.89.